The van der Waals surface area contributed by atoms with Gasteiger partial charge in [0, 0.05) is 54.4 Å². The summed E-state index contributed by atoms with van der Waals surface area (Å²) in [5.41, 5.74) is 3.55. The Labute approximate surface area is 220 Å². The number of nitrogens with zero attached hydrogens (tertiary/aromatic N) is 2. The van der Waals surface area contributed by atoms with Crippen molar-refractivity contribution >= 4 is 6.21 Å². The molecule has 0 radical (unpaired) electrons. The second-order valence-corrected chi connectivity index (χ2v) is 9.85. The van der Waals surface area contributed by atoms with E-state index in [-0.39, 0.29) is 0 Å². The van der Waals surface area contributed by atoms with Crippen LogP contribution in [0.3, 0.4) is 0 Å². The van der Waals surface area contributed by atoms with Gasteiger partial charge in [-0.3, -0.25) is 0 Å². The van der Waals surface area contributed by atoms with Crippen molar-refractivity contribution in [2.75, 3.05) is 6.54 Å². The molecule has 1 atom stereocenters. The minimum absolute atomic E-state index is 0.713. The lowest BCUT2D eigenvalue weighted by molar-refractivity contribution is -0.697. The normalized spacial score (nSPS) is 14.4. The average molecular weight is 481 g/mol. The molecule has 0 spiro atoms. The molecule has 0 aliphatic carbocycles. The van der Waals surface area contributed by atoms with Crippen LogP contribution in [0.15, 0.2) is 61.1 Å². The Morgan fingerprint density at radius 2 is 1.61 bits per heavy atom. The van der Waals surface area contributed by atoms with Crippen LogP contribution in [0.5, 0.6) is 0 Å². The molecule has 3 rings (SSSR count). The van der Waals surface area contributed by atoms with Gasteiger partial charge in [0.1, 0.15) is 19.3 Å². The summed E-state index contributed by atoms with van der Waals surface area (Å²) in [5.74, 6) is 14.1. The van der Waals surface area contributed by atoms with Crippen LogP contribution in [0.2, 0.25) is 0 Å². The molecule has 188 valence electrons. The van der Waals surface area contributed by atoms with Gasteiger partial charge >= 0.3 is 0 Å². The fourth-order valence-electron chi connectivity index (χ4n) is 4.51. The largest absolute Gasteiger partial charge is 0.209 e. The molecular formula is C34H44N2+2. The topological polar surface area (TPSA) is 6.89 Å². The monoisotopic (exact) mass is 480 g/mol. The summed E-state index contributed by atoms with van der Waals surface area (Å²) in [6, 6.07) is 12.7. The number of aromatic nitrogens is 1. The Hall–Kier alpha value is -3.10. The van der Waals surface area contributed by atoms with E-state index in [1.54, 1.807) is 0 Å². The van der Waals surface area contributed by atoms with E-state index >= 15 is 0 Å². The van der Waals surface area contributed by atoms with E-state index in [4.69, 9.17) is 0 Å². The highest BCUT2D eigenvalue weighted by Crippen LogP contribution is 2.14. The van der Waals surface area contributed by atoms with Crippen LogP contribution < -0.4 is 4.57 Å². The Bertz CT molecular complexity index is 1120. The third-order valence-electron chi connectivity index (χ3n) is 6.57. The molecule has 0 amide bonds. The number of benzene rings is 1. The molecule has 1 unspecified atom stereocenters. The lowest BCUT2D eigenvalue weighted by Crippen LogP contribution is -2.33. The second-order valence-electron chi connectivity index (χ2n) is 9.85. The van der Waals surface area contributed by atoms with Gasteiger partial charge in [-0.15, -0.1) is 0 Å². The molecule has 2 heteroatoms. The fraction of sp³-hybridized carbons (Fsp3) is 0.471. The summed E-state index contributed by atoms with van der Waals surface area (Å²) in [6.45, 7) is 6.59. The van der Waals surface area contributed by atoms with Gasteiger partial charge in [-0.25, -0.2) is 9.14 Å². The lowest BCUT2D eigenvalue weighted by atomic mass is 9.98. The maximum atomic E-state index is 3.36. The number of hydrogen-bond donors (Lipinski definition) is 0. The first-order valence-electron chi connectivity index (χ1n) is 14.1. The van der Waals surface area contributed by atoms with E-state index in [0.717, 1.165) is 49.9 Å². The molecule has 1 aromatic carbocycles. The van der Waals surface area contributed by atoms with Crippen molar-refractivity contribution in [3.8, 4) is 23.7 Å². The summed E-state index contributed by atoms with van der Waals surface area (Å²) >= 11 is 0. The standard InChI is InChI=1S/C34H44N2/c1-3-5-16-33-22-14-26-35(29-33)24-11-7-9-18-31-20-13-21-32(28-31)19-10-8-12-25-36-27-15-23-34(30-36)17-6-4-2/h13-15,20-22,26-30,34H,3-8,11-12,16-17,23-25H2,1-2H3/q+2. The average Bonchev–Trinajstić information content (AvgIpc) is 2.91. The third-order valence-corrected chi connectivity index (χ3v) is 6.57. The van der Waals surface area contributed by atoms with Gasteiger partial charge in [-0.05, 0) is 56.0 Å². The van der Waals surface area contributed by atoms with Crippen LogP contribution in [0.4, 0.5) is 0 Å². The predicted molar refractivity (Wildman–Crippen MR) is 152 cm³/mol. The van der Waals surface area contributed by atoms with Crippen LogP contribution in [0.1, 0.15) is 94.7 Å². The number of aryl methyl sites for hydroxylation is 2. The first-order valence-corrected chi connectivity index (χ1v) is 14.1. The summed E-state index contributed by atoms with van der Waals surface area (Å²) in [4.78, 5) is 0. The van der Waals surface area contributed by atoms with Crippen LogP contribution in [0, 0.1) is 29.6 Å². The van der Waals surface area contributed by atoms with Gasteiger partial charge in [0.25, 0.3) is 0 Å². The van der Waals surface area contributed by atoms with E-state index < -0.39 is 0 Å². The first-order chi connectivity index (χ1) is 17.8. The quantitative estimate of drug-likeness (QED) is 0.174. The highest BCUT2D eigenvalue weighted by molar-refractivity contribution is 5.56. The molecular weight excluding hydrogens is 436 g/mol. The van der Waals surface area contributed by atoms with E-state index in [0.29, 0.717) is 5.92 Å². The molecule has 2 heterocycles. The zero-order chi connectivity index (χ0) is 25.3. The predicted octanol–water partition coefficient (Wildman–Crippen LogP) is 7.09. The van der Waals surface area contributed by atoms with Crippen LogP contribution >= 0.6 is 0 Å². The molecule has 2 nitrogen and oxygen atoms in total. The van der Waals surface area contributed by atoms with Crippen molar-refractivity contribution in [2.24, 2.45) is 5.92 Å². The summed E-state index contributed by atoms with van der Waals surface area (Å²) < 4.78 is 4.66. The SMILES string of the molecule is CCCCc1ccc[n+](CCCC#Cc2cccc(C#CCCC[N+]3=CC(CCCC)CC=C3)c2)c1. The Kier molecular flexibility index (Phi) is 12.6. The smallest absolute Gasteiger partial charge is 0.171 e. The van der Waals surface area contributed by atoms with Crippen molar-refractivity contribution < 1.29 is 9.14 Å². The third kappa shape index (κ3) is 10.7. The van der Waals surface area contributed by atoms with Gasteiger partial charge in [-0.2, -0.15) is 0 Å². The number of pyridine rings is 1. The number of allylic oxidation sites excluding steroid dienone is 1. The van der Waals surface area contributed by atoms with Gasteiger partial charge in [0.15, 0.2) is 18.6 Å². The Balaban J connectivity index is 1.39. The van der Waals surface area contributed by atoms with Crippen molar-refractivity contribution in [2.45, 2.75) is 91.0 Å². The molecule has 1 aromatic heterocycles. The van der Waals surface area contributed by atoms with Crippen LogP contribution in [-0.4, -0.2) is 17.3 Å². The van der Waals surface area contributed by atoms with Gasteiger partial charge < -0.3 is 0 Å². The van der Waals surface area contributed by atoms with Gasteiger partial charge in [0.2, 0.25) is 0 Å². The Morgan fingerprint density at radius 1 is 0.861 bits per heavy atom. The van der Waals surface area contributed by atoms with Gasteiger partial charge in [-0.1, -0.05) is 62.9 Å². The van der Waals surface area contributed by atoms with Crippen molar-refractivity contribution in [3.63, 3.8) is 0 Å². The molecule has 36 heavy (non-hydrogen) atoms. The number of unbranched alkanes of at least 4 members (excludes halogenated alkanes) is 4. The highest BCUT2D eigenvalue weighted by atomic mass is 15.0. The molecule has 0 fully saturated rings. The molecule has 0 N–H and O–H groups in total. The van der Waals surface area contributed by atoms with E-state index in [1.165, 1.54) is 50.5 Å². The lowest BCUT2D eigenvalue weighted by Gasteiger charge is -2.11. The fourth-order valence-corrected chi connectivity index (χ4v) is 4.51. The maximum Gasteiger partial charge on any atom is 0.171 e. The first kappa shape index (κ1) is 27.5. The summed E-state index contributed by atoms with van der Waals surface area (Å²) in [5, 5.41) is 0. The van der Waals surface area contributed by atoms with E-state index in [9.17, 15) is 0 Å². The van der Waals surface area contributed by atoms with Crippen molar-refractivity contribution in [3.05, 3.63) is 77.8 Å². The van der Waals surface area contributed by atoms with Gasteiger partial charge in [0.05, 0.1) is 0 Å². The zero-order valence-electron chi connectivity index (χ0n) is 22.5. The number of hydrogen-bond acceptors (Lipinski definition) is 0. The minimum Gasteiger partial charge on any atom is -0.209 e. The molecule has 2 aromatic rings. The van der Waals surface area contributed by atoms with Crippen LogP contribution in [0.25, 0.3) is 0 Å². The van der Waals surface area contributed by atoms with E-state index in [2.05, 4.69) is 114 Å². The minimum atomic E-state index is 0.713. The molecule has 0 saturated carbocycles. The zero-order valence-corrected chi connectivity index (χ0v) is 22.5. The highest BCUT2D eigenvalue weighted by Gasteiger charge is 2.14. The summed E-state index contributed by atoms with van der Waals surface area (Å²) in [7, 11) is 0. The maximum absolute atomic E-state index is 3.36. The molecule has 0 bridgehead atoms. The van der Waals surface area contributed by atoms with E-state index in [1.807, 2.05) is 0 Å². The Morgan fingerprint density at radius 3 is 2.36 bits per heavy atom. The second kappa shape index (κ2) is 16.5. The molecule has 1 aliphatic rings. The van der Waals surface area contributed by atoms with Crippen molar-refractivity contribution in [1.82, 2.24) is 0 Å². The van der Waals surface area contributed by atoms with Crippen LogP contribution in [-0.2, 0) is 13.0 Å². The van der Waals surface area contributed by atoms with Crippen molar-refractivity contribution in [1.29, 1.82) is 0 Å². The molecule has 1 aliphatic heterocycles. The molecule has 0 saturated heterocycles. The summed E-state index contributed by atoms with van der Waals surface area (Å²) in [6.07, 6.45) is 24.2. The number of rotatable bonds is 12.